The number of benzene rings is 2. The molecule has 3 rings (SSSR count). The molecular formula is C15H11BrClNOS. The van der Waals surface area contributed by atoms with E-state index in [4.69, 9.17) is 11.6 Å². The van der Waals surface area contributed by atoms with Gasteiger partial charge in [0, 0.05) is 32.3 Å². The van der Waals surface area contributed by atoms with Crippen molar-refractivity contribution in [1.82, 2.24) is 0 Å². The van der Waals surface area contributed by atoms with Gasteiger partial charge in [-0.1, -0.05) is 33.6 Å². The van der Waals surface area contributed by atoms with E-state index in [1.54, 1.807) is 16.7 Å². The molecule has 0 unspecified atom stereocenters. The molecule has 102 valence electrons. The van der Waals surface area contributed by atoms with E-state index in [1.165, 1.54) is 0 Å². The van der Waals surface area contributed by atoms with Crippen LogP contribution in [0.15, 0.2) is 51.8 Å². The molecule has 0 saturated carbocycles. The lowest BCUT2D eigenvalue weighted by Crippen LogP contribution is -2.35. The largest absolute Gasteiger partial charge is 0.306 e. The Labute approximate surface area is 135 Å². The highest BCUT2D eigenvalue weighted by Crippen LogP contribution is 2.37. The summed E-state index contributed by atoms with van der Waals surface area (Å²) in [6.45, 7) is 0.698. The minimum Gasteiger partial charge on any atom is -0.306 e. The fourth-order valence-electron chi connectivity index (χ4n) is 2.18. The van der Waals surface area contributed by atoms with Crippen molar-refractivity contribution < 1.29 is 4.79 Å². The highest BCUT2D eigenvalue weighted by molar-refractivity contribution is 9.10. The summed E-state index contributed by atoms with van der Waals surface area (Å²) < 4.78 is 0.904. The van der Waals surface area contributed by atoms with Crippen LogP contribution in [0.2, 0.25) is 5.02 Å². The topological polar surface area (TPSA) is 20.3 Å². The second-order valence-electron chi connectivity index (χ2n) is 4.43. The molecular weight excluding hydrogens is 358 g/mol. The van der Waals surface area contributed by atoms with Crippen molar-refractivity contribution in [3.63, 3.8) is 0 Å². The van der Waals surface area contributed by atoms with Gasteiger partial charge >= 0.3 is 0 Å². The van der Waals surface area contributed by atoms with Crippen LogP contribution in [-0.4, -0.2) is 18.2 Å². The number of hydrogen-bond donors (Lipinski definition) is 0. The van der Waals surface area contributed by atoms with Crippen LogP contribution in [0, 0.1) is 0 Å². The Morgan fingerprint density at radius 2 is 2.10 bits per heavy atom. The molecule has 0 aromatic heterocycles. The molecule has 1 heterocycles. The van der Waals surface area contributed by atoms with E-state index in [1.807, 2.05) is 42.5 Å². The number of halogens is 2. The SMILES string of the molecule is O=C(c1cccc(Br)c1)N1CCSc2ccc(Cl)cc21. The summed E-state index contributed by atoms with van der Waals surface area (Å²) in [5.74, 6) is 0.907. The second-order valence-corrected chi connectivity index (χ2v) is 6.92. The zero-order chi connectivity index (χ0) is 14.1. The zero-order valence-corrected chi connectivity index (χ0v) is 13.6. The lowest BCUT2D eigenvalue weighted by atomic mass is 10.1. The van der Waals surface area contributed by atoms with Gasteiger partial charge in [0.25, 0.3) is 5.91 Å². The first-order chi connectivity index (χ1) is 9.65. The van der Waals surface area contributed by atoms with Gasteiger partial charge in [0.05, 0.1) is 5.69 Å². The molecule has 1 amide bonds. The van der Waals surface area contributed by atoms with Crippen molar-refractivity contribution >= 4 is 50.9 Å². The molecule has 2 aromatic rings. The van der Waals surface area contributed by atoms with Crippen LogP contribution in [0.5, 0.6) is 0 Å². The third-order valence-corrected chi connectivity index (χ3v) is 4.87. The molecule has 0 fully saturated rings. The predicted molar refractivity (Wildman–Crippen MR) is 88.0 cm³/mol. The first kappa shape index (κ1) is 14.0. The molecule has 5 heteroatoms. The fraction of sp³-hybridized carbons (Fsp3) is 0.133. The number of rotatable bonds is 1. The lowest BCUT2D eigenvalue weighted by molar-refractivity contribution is 0.0987. The van der Waals surface area contributed by atoms with Gasteiger partial charge in [0.2, 0.25) is 0 Å². The van der Waals surface area contributed by atoms with Gasteiger partial charge in [0.15, 0.2) is 0 Å². The molecule has 0 saturated heterocycles. The number of thioether (sulfide) groups is 1. The number of carbonyl (C=O) groups is 1. The Hall–Kier alpha value is -0.970. The quantitative estimate of drug-likeness (QED) is 0.717. The van der Waals surface area contributed by atoms with E-state index in [0.29, 0.717) is 17.1 Å². The van der Waals surface area contributed by atoms with Crippen molar-refractivity contribution in [2.75, 3.05) is 17.2 Å². The summed E-state index contributed by atoms with van der Waals surface area (Å²) in [6, 6.07) is 13.2. The molecule has 0 radical (unpaired) electrons. The van der Waals surface area contributed by atoms with Crippen LogP contribution in [0.4, 0.5) is 5.69 Å². The van der Waals surface area contributed by atoms with Crippen LogP contribution in [-0.2, 0) is 0 Å². The third kappa shape index (κ3) is 2.73. The molecule has 2 aromatic carbocycles. The smallest absolute Gasteiger partial charge is 0.258 e. The highest BCUT2D eigenvalue weighted by atomic mass is 79.9. The van der Waals surface area contributed by atoms with Gasteiger partial charge in [-0.2, -0.15) is 0 Å². The summed E-state index contributed by atoms with van der Waals surface area (Å²) in [6.07, 6.45) is 0. The monoisotopic (exact) mass is 367 g/mol. The Morgan fingerprint density at radius 3 is 2.90 bits per heavy atom. The van der Waals surface area contributed by atoms with Gasteiger partial charge in [-0.3, -0.25) is 4.79 Å². The Bertz CT molecular complexity index is 677. The molecule has 0 atom stereocenters. The van der Waals surface area contributed by atoms with Crippen LogP contribution in [0.1, 0.15) is 10.4 Å². The maximum atomic E-state index is 12.7. The lowest BCUT2D eigenvalue weighted by Gasteiger charge is -2.29. The van der Waals surface area contributed by atoms with E-state index in [2.05, 4.69) is 15.9 Å². The number of anilines is 1. The standard InChI is InChI=1S/C15H11BrClNOS/c16-11-3-1-2-10(8-11)15(19)18-6-7-20-14-5-4-12(17)9-13(14)18/h1-5,8-9H,6-7H2. The van der Waals surface area contributed by atoms with Gasteiger partial charge in [0.1, 0.15) is 0 Å². The third-order valence-electron chi connectivity index (χ3n) is 3.10. The van der Waals surface area contributed by atoms with E-state index < -0.39 is 0 Å². The number of carbonyl (C=O) groups excluding carboxylic acids is 1. The summed E-state index contributed by atoms with van der Waals surface area (Å²) in [5.41, 5.74) is 1.58. The molecule has 1 aliphatic heterocycles. The molecule has 0 N–H and O–H groups in total. The first-order valence-corrected chi connectivity index (χ1v) is 8.30. The number of amides is 1. The zero-order valence-electron chi connectivity index (χ0n) is 10.5. The van der Waals surface area contributed by atoms with E-state index in [9.17, 15) is 4.79 Å². The van der Waals surface area contributed by atoms with Crippen LogP contribution in [0.25, 0.3) is 0 Å². The summed E-state index contributed by atoms with van der Waals surface area (Å²) in [4.78, 5) is 15.6. The van der Waals surface area contributed by atoms with Crippen molar-refractivity contribution in [2.45, 2.75) is 4.90 Å². The minimum atomic E-state index is 0.00937. The molecule has 0 aliphatic carbocycles. The van der Waals surface area contributed by atoms with E-state index in [0.717, 1.165) is 20.8 Å². The van der Waals surface area contributed by atoms with Crippen LogP contribution < -0.4 is 4.90 Å². The Kier molecular flexibility index (Phi) is 4.06. The fourth-order valence-corrected chi connectivity index (χ4v) is 3.72. The molecule has 0 spiro atoms. The van der Waals surface area contributed by atoms with Gasteiger partial charge in [-0.25, -0.2) is 0 Å². The average Bonchev–Trinajstić information content (AvgIpc) is 2.46. The predicted octanol–water partition coefficient (Wildman–Crippen LogP) is 4.86. The number of fused-ring (bicyclic) bond motifs is 1. The average molecular weight is 369 g/mol. The maximum absolute atomic E-state index is 12.7. The minimum absolute atomic E-state index is 0.00937. The van der Waals surface area contributed by atoms with E-state index in [-0.39, 0.29) is 5.91 Å². The molecule has 1 aliphatic rings. The first-order valence-electron chi connectivity index (χ1n) is 6.15. The molecule has 20 heavy (non-hydrogen) atoms. The van der Waals surface area contributed by atoms with Crippen molar-refractivity contribution in [2.24, 2.45) is 0 Å². The molecule has 0 bridgehead atoms. The maximum Gasteiger partial charge on any atom is 0.258 e. The second kappa shape index (κ2) is 5.80. The van der Waals surface area contributed by atoms with Crippen molar-refractivity contribution in [3.05, 3.63) is 57.5 Å². The number of nitrogens with zero attached hydrogens (tertiary/aromatic N) is 1. The van der Waals surface area contributed by atoms with Gasteiger partial charge in [-0.15, -0.1) is 11.8 Å². The summed E-state index contributed by atoms with van der Waals surface area (Å²) >= 11 is 11.2. The highest BCUT2D eigenvalue weighted by Gasteiger charge is 2.24. The Balaban J connectivity index is 2.00. The van der Waals surface area contributed by atoms with Crippen LogP contribution in [0.3, 0.4) is 0 Å². The summed E-state index contributed by atoms with van der Waals surface area (Å²) in [7, 11) is 0. The van der Waals surface area contributed by atoms with Crippen molar-refractivity contribution in [1.29, 1.82) is 0 Å². The normalized spacial score (nSPS) is 14.0. The van der Waals surface area contributed by atoms with Gasteiger partial charge in [-0.05, 0) is 36.4 Å². The van der Waals surface area contributed by atoms with E-state index >= 15 is 0 Å². The molecule has 2 nitrogen and oxygen atoms in total. The summed E-state index contributed by atoms with van der Waals surface area (Å²) in [5, 5.41) is 0.651. The van der Waals surface area contributed by atoms with Gasteiger partial charge < -0.3 is 4.90 Å². The number of hydrogen-bond acceptors (Lipinski definition) is 2. The van der Waals surface area contributed by atoms with Crippen LogP contribution >= 0.6 is 39.3 Å². The van der Waals surface area contributed by atoms with Crippen molar-refractivity contribution in [3.8, 4) is 0 Å². The Morgan fingerprint density at radius 1 is 1.25 bits per heavy atom.